The van der Waals surface area contributed by atoms with Gasteiger partial charge >= 0.3 is 0 Å². The lowest BCUT2D eigenvalue weighted by Gasteiger charge is -1.81. The Morgan fingerprint density at radius 1 is 1.27 bits per heavy atom. The molecule has 0 heterocycles. The molecule has 2 heteroatoms. The third-order valence-electron chi connectivity index (χ3n) is 0.414. The molecule has 0 rings (SSSR count). The predicted octanol–water partition coefficient (Wildman–Crippen LogP) is 3.25. The van der Waals surface area contributed by atoms with Crippen LogP contribution in [0.1, 0.15) is 34.6 Å². The molecule has 68 valence electrons. The summed E-state index contributed by atoms with van der Waals surface area (Å²) in [4.78, 5) is 3.74. The maximum Gasteiger partial charge on any atom is 0.175 e. The molecule has 0 aliphatic carbocycles. The molecule has 0 atom stereocenters. The van der Waals surface area contributed by atoms with Crippen LogP contribution in [0.25, 0.3) is 0 Å². The van der Waals surface area contributed by atoms with Crippen LogP contribution in [0.2, 0.25) is 0 Å². The van der Waals surface area contributed by atoms with E-state index in [1.165, 1.54) is 12.7 Å². The van der Waals surface area contributed by atoms with E-state index >= 15 is 0 Å². The highest BCUT2D eigenvalue weighted by atomic mass is 16.5. The van der Waals surface area contributed by atoms with Crippen molar-refractivity contribution in [3.05, 3.63) is 12.8 Å². The quantitative estimate of drug-likeness (QED) is 0.352. The highest BCUT2D eigenvalue weighted by Crippen LogP contribution is 1.66. The van der Waals surface area contributed by atoms with Crippen molar-refractivity contribution in [2.24, 2.45) is 4.99 Å². The normalized spacial score (nSPS) is 7.00. The van der Waals surface area contributed by atoms with Crippen LogP contribution in [0.4, 0.5) is 0 Å². The van der Waals surface area contributed by atoms with Gasteiger partial charge in [0.05, 0.1) is 6.26 Å². The van der Waals surface area contributed by atoms with Gasteiger partial charge in [-0.2, -0.15) is 0 Å². The van der Waals surface area contributed by atoms with E-state index < -0.39 is 0 Å². The third kappa shape index (κ3) is 46.5. The largest absolute Gasteiger partial charge is 0.454 e. The fourth-order valence-electron chi connectivity index (χ4n) is 0.161. The first-order chi connectivity index (χ1) is 5.41. The topological polar surface area (TPSA) is 21.6 Å². The van der Waals surface area contributed by atoms with Crippen LogP contribution in [0.5, 0.6) is 0 Å². The number of rotatable bonds is 3. The second-order valence-electron chi connectivity index (χ2n) is 0.907. The van der Waals surface area contributed by atoms with E-state index in [1.54, 1.807) is 0 Å². The average Bonchev–Trinajstić information content (AvgIpc) is 2.13. The molecule has 0 N–H and O–H groups in total. The van der Waals surface area contributed by atoms with Gasteiger partial charge < -0.3 is 4.74 Å². The highest BCUT2D eigenvalue weighted by molar-refractivity contribution is 5.46. The number of hydrogen-bond donors (Lipinski definition) is 0. The smallest absolute Gasteiger partial charge is 0.175 e. The first-order valence-corrected chi connectivity index (χ1v) is 4.16. The van der Waals surface area contributed by atoms with E-state index in [4.69, 9.17) is 0 Å². The summed E-state index contributed by atoms with van der Waals surface area (Å²) < 4.78 is 4.55. The molecule has 0 fully saturated rings. The Morgan fingerprint density at radius 3 is 2.00 bits per heavy atom. The standard InChI is InChI=1S/C5H9NO.2C2H6/c1-3-6-5-7-4-2;2*1-2/h4-5H,2-3H2,1H3;2*1-2H3. The lowest BCUT2D eigenvalue weighted by Crippen LogP contribution is -1.75. The zero-order valence-corrected chi connectivity index (χ0v) is 8.42. The SMILES string of the molecule is C=COC=NCC.CC.CC. The Hall–Kier alpha value is -0.790. The maximum atomic E-state index is 4.55. The molecule has 0 aromatic heterocycles. The molecule has 11 heavy (non-hydrogen) atoms. The van der Waals surface area contributed by atoms with E-state index in [-0.39, 0.29) is 0 Å². The number of nitrogens with zero attached hydrogens (tertiary/aromatic N) is 1. The second-order valence-corrected chi connectivity index (χ2v) is 0.907. The van der Waals surface area contributed by atoms with Gasteiger partial charge in [-0.05, 0) is 6.92 Å². The van der Waals surface area contributed by atoms with Crippen molar-refractivity contribution in [2.75, 3.05) is 6.54 Å². The molecule has 0 bridgehead atoms. The lowest BCUT2D eigenvalue weighted by atomic mass is 10.8. The maximum absolute atomic E-state index is 4.55. The summed E-state index contributed by atoms with van der Waals surface area (Å²) in [6.45, 7) is 14.0. The van der Waals surface area contributed by atoms with Crippen LogP contribution in [0.3, 0.4) is 0 Å². The first kappa shape index (κ1) is 16.7. The molecule has 0 aromatic rings. The fourth-order valence-corrected chi connectivity index (χ4v) is 0.161. The molecule has 0 unspecified atom stereocenters. The minimum Gasteiger partial charge on any atom is -0.454 e. The summed E-state index contributed by atoms with van der Waals surface area (Å²) in [5.74, 6) is 0. The summed E-state index contributed by atoms with van der Waals surface area (Å²) >= 11 is 0. The summed E-state index contributed by atoms with van der Waals surface area (Å²) in [7, 11) is 0. The van der Waals surface area contributed by atoms with Crippen molar-refractivity contribution >= 4 is 6.40 Å². The number of aliphatic imine (C=N–C) groups is 1. The third-order valence-corrected chi connectivity index (χ3v) is 0.414. The molecule has 0 amide bonds. The van der Waals surface area contributed by atoms with Crippen LogP contribution in [-0.4, -0.2) is 12.9 Å². The van der Waals surface area contributed by atoms with Gasteiger partial charge in [0.1, 0.15) is 0 Å². The van der Waals surface area contributed by atoms with Crippen molar-refractivity contribution in [2.45, 2.75) is 34.6 Å². The number of ether oxygens (including phenoxy) is 1. The minimum absolute atomic E-state index is 0.758. The Balaban J connectivity index is -0.000000138. The molecule has 0 aliphatic heterocycles. The van der Waals surface area contributed by atoms with Crippen molar-refractivity contribution in [3.8, 4) is 0 Å². The van der Waals surface area contributed by atoms with E-state index in [2.05, 4.69) is 16.3 Å². The highest BCUT2D eigenvalue weighted by Gasteiger charge is 1.60. The molecule has 0 spiro atoms. The Kier molecular flexibility index (Phi) is 53.0. The summed E-state index contributed by atoms with van der Waals surface area (Å²) in [6, 6.07) is 0. The second kappa shape index (κ2) is 35.0. The monoisotopic (exact) mass is 159 g/mol. The van der Waals surface area contributed by atoms with E-state index in [0.29, 0.717) is 0 Å². The predicted molar refractivity (Wildman–Crippen MR) is 53.0 cm³/mol. The van der Waals surface area contributed by atoms with Crippen LogP contribution in [0, 0.1) is 0 Å². The Morgan fingerprint density at radius 2 is 1.73 bits per heavy atom. The van der Waals surface area contributed by atoms with Gasteiger partial charge in [-0.3, -0.25) is 4.99 Å². The zero-order chi connectivity index (χ0) is 9.54. The van der Waals surface area contributed by atoms with Gasteiger partial charge in [-0.25, -0.2) is 0 Å². The Labute approximate surface area is 71.0 Å². The van der Waals surface area contributed by atoms with Gasteiger partial charge in [0, 0.05) is 6.54 Å². The van der Waals surface area contributed by atoms with Gasteiger partial charge in [-0.15, -0.1) is 0 Å². The lowest BCUT2D eigenvalue weighted by molar-refractivity contribution is 0.494. The molecule has 0 aromatic carbocycles. The molecule has 0 radical (unpaired) electrons. The zero-order valence-electron chi connectivity index (χ0n) is 8.42. The molecular weight excluding hydrogens is 138 g/mol. The molecule has 0 aliphatic rings. The van der Waals surface area contributed by atoms with E-state index in [9.17, 15) is 0 Å². The fraction of sp³-hybridized carbons (Fsp3) is 0.667. The Bertz CT molecular complexity index is 70.0. The van der Waals surface area contributed by atoms with Crippen molar-refractivity contribution in [3.63, 3.8) is 0 Å². The van der Waals surface area contributed by atoms with Crippen LogP contribution >= 0.6 is 0 Å². The summed E-state index contributed by atoms with van der Waals surface area (Å²) in [6.07, 6.45) is 2.70. The first-order valence-electron chi connectivity index (χ1n) is 4.16. The van der Waals surface area contributed by atoms with Gasteiger partial charge in [0.2, 0.25) is 0 Å². The van der Waals surface area contributed by atoms with E-state index in [0.717, 1.165) is 6.54 Å². The van der Waals surface area contributed by atoms with Gasteiger partial charge in [0.25, 0.3) is 0 Å². The average molecular weight is 159 g/mol. The van der Waals surface area contributed by atoms with Crippen molar-refractivity contribution < 1.29 is 4.74 Å². The van der Waals surface area contributed by atoms with E-state index in [1.807, 2.05) is 34.6 Å². The van der Waals surface area contributed by atoms with Gasteiger partial charge in [-0.1, -0.05) is 34.3 Å². The van der Waals surface area contributed by atoms with Crippen molar-refractivity contribution in [1.29, 1.82) is 0 Å². The van der Waals surface area contributed by atoms with Crippen molar-refractivity contribution in [1.82, 2.24) is 0 Å². The molecular formula is C9H21NO. The van der Waals surface area contributed by atoms with Gasteiger partial charge in [0.15, 0.2) is 6.40 Å². The molecule has 2 nitrogen and oxygen atoms in total. The minimum atomic E-state index is 0.758. The summed E-state index contributed by atoms with van der Waals surface area (Å²) in [5, 5.41) is 0. The van der Waals surface area contributed by atoms with Crippen LogP contribution < -0.4 is 0 Å². The summed E-state index contributed by atoms with van der Waals surface area (Å²) in [5.41, 5.74) is 0. The molecule has 0 saturated carbocycles. The molecule has 0 saturated heterocycles. The van der Waals surface area contributed by atoms with Crippen LogP contribution in [-0.2, 0) is 4.74 Å². The number of hydrogen-bond acceptors (Lipinski definition) is 2. The van der Waals surface area contributed by atoms with Crippen LogP contribution in [0.15, 0.2) is 17.8 Å².